The van der Waals surface area contributed by atoms with E-state index in [1.807, 2.05) is 129 Å². The number of piperidine rings is 2. The molecule has 4 amide bonds. The van der Waals surface area contributed by atoms with Crippen molar-refractivity contribution in [3.8, 4) is 0 Å². The third kappa shape index (κ3) is 16.7. The van der Waals surface area contributed by atoms with Crippen LogP contribution >= 0.6 is 0 Å². The molecule has 594 valence electrons. The first-order chi connectivity index (χ1) is 54.4. The quantitative estimate of drug-likeness (QED) is 0.0745. The smallest absolute Gasteiger partial charge is 0.320 e. The number of aliphatic hydroxyl groups excluding tert-OH is 1. The lowest BCUT2D eigenvalue weighted by molar-refractivity contribution is -0.130. The maximum Gasteiger partial charge on any atom is 0.320 e. The molecule has 6 aromatic heterocycles. The van der Waals surface area contributed by atoms with E-state index in [4.69, 9.17) is 0 Å². The number of sulfonamides is 2. The number of aliphatic hydroxyl groups is 1. The normalized spacial score (nSPS) is 21.0. The molecule has 20 rings (SSSR count). The number of H-pyrrole nitrogens is 6. The van der Waals surface area contributed by atoms with E-state index >= 15 is 0 Å². The molecule has 0 radical (unpaired) electrons. The van der Waals surface area contributed by atoms with E-state index in [1.165, 1.54) is 66.2 Å². The molecule has 12 aromatic rings. The number of carbonyl (C=O) groups excluding carboxylic acids is 4. The Kier molecular flexibility index (Phi) is 22.5. The molecular formula is C85H103N17O9S2. The Labute approximate surface area is 659 Å². The van der Waals surface area contributed by atoms with E-state index in [0.29, 0.717) is 69.5 Å². The summed E-state index contributed by atoms with van der Waals surface area (Å²) < 4.78 is 49.9. The van der Waals surface area contributed by atoms with Gasteiger partial charge in [0.05, 0.1) is 66.2 Å². The molecule has 6 aromatic carbocycles. The van der Waals surface area contributed by atoms with Gasteiger partial charge in [0, 0.05) is 245 Å². The van der Waals surface area contributed by atoms with Crippen LogP contribution in [0.1, 0.15) is 57.4 Å². The average Bonchev–Trinajstić information content (AvgIpc) is 1.77. The number of likely N-dealkylation sites (N-methyl/N-ethyl adjacent to an activating group) is 2. The van der Waals surface area contributed by atoms with E-state index in [2.05, 4.69) is 151 Å². The SMILES string of the molecule is CC1(C)CN(c2c[nH]c3ccccc23)CCN1S(C)(=O)=O.CN1CC2CN(c3c[nH]c4ccccc34)CCN2C1=O.CN1CCN(c2c[nH]c3ccccc23)CC1=O.CS(=O)(=O)N1CCC(c2c[nH]c3ccccc23)C(O)C1.O=C1CCC2CN(c3c[nH]c4ccccc34)CCN12.O=C1CCCN(c2c[nH]c3ccccc23)C1. The predicted octanol–water partition coefficient (Wildman–Crippen LogP) is 10.8. The van der Waals surface area contributed by atoms with Gasteiger partial charge in [0.2, 0.25) is 31.9 Å². The minimum Gasteiger partial charge on any atom is -0.391 e. The minimum atomic E-state index is -3.23. The van der Waals surface area contributed by atoms with Gasteiger partial charge in [0.1, 0.15) is 0 Å². The molecule has 4 atom stereocenters. The number of Topliss-reactive ketones (excluding diaryl/α,β-unsaturated/α-hetero) is 1. The van der Waals surface area contributed by atoms with Gasteiger partial charge in [0.25, 0.3) is 0 Å². The van der Waals surface area contributed by atoms with Crippen molar-refractivity contribution in [2.45, 2.75) is 75.6 Å². The standard InChI is InChI=1S/C15H18N4O.C15H21N3O2S.C15H17N3O.C14H18N2O3S.C13H15N3O.C13H14N2O/c1-17-9-11-10-18(6-7-19(11)15(17)20)14-8-16-13-5-3-2-4-12(13)14;1-15(2)11-17(8-9-18(15)21(3,19)20)14-10-16-13-7-5-4-6-12(13)14;19-15-6-5-11-10-17(7-8-18(11)15)14-9-16-13-4-2-1-3-12(13)14;1-20(18,19)16-7-6-11(14(17)9-16)12-8-15-13-5-3-2-4-10(12)13;1-15-6-7-16(9-13(15)17)12-8-14-11-5-3-2-4-10(11)12;16-10-4-3-7-15(9-10)13-8-14-12-6-2-1-5-11(12)13/h2-5,8,11,16H,6-7,9-10H2,1H3;4-7,10,16H,8-9,11H2,1-3H3;1-4,9,11,16H,5-8,10H2;2-5,8,11,14-15,17H,6-7,9H2,1H3;2-5,8,14H,6-7,9H2,1H3;1-2,5-6,8,14H,3-4,7,9H2. The van der Waals surface area contributed by atoms with Gasteiger partial charge in [-0.25, -0.2) is 21.6 Å². The highest BCUT2D eigenvalue weighted by Crippen LogP contribution is 2.38. The Bertz CT molecular complexity index is 5650. The maximum absolute atomic E-state index is 12.0. The second-order valence-corrected chi connectivity index (χ2v) is 35.4. The van der Waals surface area contributed by atoms with Crippen LogP contribution < -0.4 is 24.5 Å². The second kappa shape index (κ2) is 32.7. The van der Waals surface area contributed by atoms with E-state index < -0.39 is 31.7 Å². The number of β-amino-alcohol motifs (C(OH)–C–C–N with tert-alkyl or cyclic N) is 1. The van der Waals surface area contributed by atoms with Crippen LogP contribution in [0.3, 0.4) is 0 Å². The lowest BCUT2D eigenvalue weighted by atomic mass is 9.88. The van der Waals surface area contributed by atoms with Crippen LogP contribution in [0.4, 0.5) is 33.2 Å². The van der Waals surface area contributed by atoms with Crippen molar-refractivity contribution in [1.29, 1.82) is 0 Å². The summed E-state index contributed by atoms with van der Waals surface area (Å²) in [5.74, 6) is 0.839. The van der Waals surface area contributed by atoms with Crippen LogP contribution in [0, 0.1) is 0 Å². The number of ketones is 1. The lowest BCUT2D eigenvalue weighted by Crippen LogP contribution is -2.60. The number of hydrogen-bond acceptors (Lipinski definition) is 14. The number of benzene rings is 6. The first kappa shape index (κ1) is 77.5. The van der Waals surface area contributed by atoms with Crippen molar-refractivity contribution in [1.82, 2.24) is 58.1 Å². The number of hydrogen-bond donors (Lipinski definition) is 7. The first-order valence-corrected chi connectivity index (χ1v) is 42.9. The zero-order chi connectivity index (χ0) is 78.9. The number of nitrogens with one attached hydrogen (secondary N) is 6. The largest absolute Gasteiger partial charge is 0.391 e. The van der Waals surface area contributed by atoms with Gasteiger partial charge in [-0.15, -0.1) is 0 Å². The van der Waals surface area contributed by atoms with Crippen molar-refractivity contribution >= 4 is 138 Å². The van der Waals surface area contributed by atoms with Gasteiger partial charge in [0.15, 0.2) is 5.78 Å². The molecule has 0 spiro atoms. The predicted molar refractivity (Wildman–Crippen MR) is 451 cm³/mol. The van der Waals surface area contributed by atoms with E-state index in [9.17, 15) is 41.1 Å². The minimum absolute atomic E-state index is 0.0239. The number of nitrogens with zero attached hydrogens (tertiary/aromatic N) is 11. The molecular weight excluding hydrogens is 1470 g/mol. The van der Waals surface area contributed by atoms with Gasteiger partial charge in [-0.2, -0.15) is 8.61 Å². The summed E-state index contributed by atoms with van der Waals surface area (Å²) in [5, 5.41) is 17.5. The molecule has 28 heteroatoms. The van der Waals surface area contributed by atoms with Gasteiger partial charge in [-0.1, -0.05) is 109 Å². The summed E-state index contributed by atoms with van der Waals surface area (Å²) in [7, 11) is -2.66. The third-order valence-corrected chi connectivity index (χ3v) is 26.3. The average molecular weight is 1570 g/mol. The highest BCUT2D eigenvalue weighted by atomic mass is 32.2. The number of piperazine rings is 4. The lowest BCUT2D eigenvalue weighted by Gasteiger charge is -2.46. The summed E-state index contributed by atoms with van der Waals surface area (Å²) in [6.45, 7) is 16.4. The first-order valence-electron chi connectivity index (χ1n) is 39.2. The molecule has 0 saturated carbocycles. The van der Waals surface area contributed by atoms with Crippen LogP contribution in [0.2, 0.25) is 0 Å². The summed E-state index contributed by atoms with van der Waals surface area (Å²) in [6.07, 6.45) is 18.0. The molecule has 26 nitrogen and oxygen atoms in total. The molecule has 8 fully saturated rings. The van der Waals surface area contributed by atoms with Crippen LogP contribution in [0.25, 0.3) is 65.4 Å². The van der Waals surface area contributed by atoms with Crippen LogP contribution in [-0.2, 0) is 34.4 Å². The van der Waals surface area contributed by atoms with Gasteiger partial charge in [-0.05, 0) is 75.1 Å². The molecule has 8 aliphatic heterocycles. The molecule has 8 saturated heterocycles. The van der Waals surface area contributed by atoms with Crippen LogP contribution in [0.15, 0.2) is 183 Å². The van der Waals surface area contributed by atoms with Gasteiger partial charge < -0.3 is 79.1 Å². The number of para-hydroxylation sites is 6. The van der Waals surface area contributed by atoms with Crippen molar-refractivity contribution in [2.75, 3.05) is 162 Å². The summed E-state index contributed by atoms with van der Waals surface area (Å²) in [6, 6.07) is 50.2. The fourth-order valence-electron chi connectivity index (χ4n) is 17.7. The molecule has 8 aliphatic rings. The van der Waals surface area contributed by atoms with Crippen molar-refractivity contribution in [3.63, 3.8) is 0 Å². The fourth-order valence-corrected chi connectivity index (χ4v) is 19.9. The van der Waals surface area contributed by atoms with E-state index in [1.54, 1.807) is 9.21 Å². The van der Waals surface area contributed by atoms with Crippen molar-refractivity contribution in [3.05, 3.63) is 188 Å². The Morgan fingerprint density at radius 2 is 0.823 bits per heavy atom. The molecule has 113 heavy (non-hydrogen) atoms. The number of rotatable bonds is 8. The zero-order valence-electron chi connectivity index (χ0n) is 65.1. The number of urea groups is 1. The molecule has 0 aliphatic carbocycles. The molecule has 14 heterocycles. The van der Waals surface area contributed by atoms with E-state index in [0.717, 1.165) is 141 Å². The Balaban J connectivity index is 0.000000107. The fraction of sp³-hybridized carbons (Fsp3) is 0.388. The second-order valence-electron chi connectivity index (χ2n) is 31.5. The maximum atomic E-state index is 12.0. The summed E-state index contributed by atoms with van der Waals surface area (Å²) >= 11 is 0. The van der Waals surface area contributed by atoms with Gasteiger partial charge >= 0.3 is 6.03 Å². The Hall–Kier alpha value is -10.8. The number of anilines is 5. The summed E-state index contributed by atoms with van der Waals surface area (Å²) in [5.41, 5.74) is 13.4. The number of carbonyl (C=O) groups is 4. The van der Waals surface area contributed by atoms with Crippen LogP contribution in [0.5, 0.6) is 0 Å². The number of aromatic nitrogens is 6. The monoisotopic (exact) mass is 1570 g/mol. The highest BCUT2D eigenvalue weighted by Gasteiger charge is 2.42. The summed E-state index contributed by atoms with van der Waals surface area (Å²) in [4.78, 5) is 85.5. The Morgan fingerprint density at radius 1 is 0.398 bits per heavy atom. The van der Waals surface area contributed by atoms with Crippen molar-refractivity contribution in [2.24, 2.45) is 0 Å². The highest BCUT2D eigenvalue weighted by molar-refractivity contribution is 7.88. The third-order valence-electron chi connectivity index (χ3n) is 23.5. The molecule has 7 N–H and O–H groups in total. The number of fused-ring (bicyclic) bond motifs is 8. The van der Waals surface area contributed by atoms with E-state index in [-0.39, 0.29) is 24.4 Å². The molecule has 4 unspecified atom stereocenters. The van der Waals surface area contributed by atoms with Crippen molar-refractivity contribution < 1.29 is 41.1 Å². The molecule has 0 bridgehead atoms. The number of amides is 4. The van der Waals surface area contributed by atoms with Crippen LogP contribution in [-0.4, -0.2) is 265 Å². The Morgan fingerprint density at radius 3 is 1.29 bits per heavy atom. The van der Waals surface area contributed by atoms with Gasteiger partial charge in [-0.3, -0.25) is 14.4 Å². The number of aromatic amines is 6. The zero-order valence-corrected chi connectivity index (χ0v) is 66.8. The topological polar surface area (TPSA) is 287 Å².